The van der Waals surface area contributed by atoms with Crippen LogP contribution in [-0.4, -0.2) is 52.6 Å². The number of rotatable bonds is 7. The third kappa shape index (κ3) is 4.56. The van der Waals surface area contributed by atoms with Crippen LogP contribution >= 0.6 is 34.3 Å². The Morgan fingerprint density at radius 2 is 2.11 bits per heavy atom. The fourth-order valence-corrected chi connectivity index (χ4v) is 8.28. The van der Waals surface area contributed by atoms with Crippen molar-refractivity contribution >= 4 is 66.2 Å². The summed E-state index contributed by atoms with van der Waals surface area (Å²) in [6, 6.07) is 9.64. The highest BCUT2D eigenvalue weighted by Crippen LogP contribution is 2.34. The summed E-state index contributed by atoms with van der Waals surface area (Å²) in [7, 11) is -3.83. The van der Waals surface area contributed by atoms with E-state index >= 15 is 0 Å². The molecule has 5 rings (SSSR count). The van der Waals surface area contributed by atoms with Crippen LogP contribution in [-0.2, 0) is 14.8 Å². The number of sulfonamides is 1. The number of carbonyl (C=O) groups is 1. The van der Waals surface area contributed by atoms with Crippen LogP contribution in [0.5, 0.6) is 5.75 Å². The zero-order chi connectivity index (χ0) is 24.7. The third-order valence-corrected chi connectivity index (χ3v) is 10.2. The highest BCUT2D eigenvalue weighted by atomic mass is 35.5. The molecule has 0 bridgehead atoms. The molecule has 1 amide bonds. The summed E-state index contributed by atoms with van der Waals surface area (Å²) in [5.74, 6) is 0.696. The summed E-state index contributed by atoms with van der Waals surface area (Å²) in [6.45, 7) is 4.52. The van der Waals surface area contributed by atoms with E-state index in [2.05, 4.69) is 10.4 Å². The number of ether oxygens (including phenoxy) is 1. The molecule has 4 aromatic rings. The van der Waals surface area contributed by atoms with Gasteiger partial charge in [0.05, 0.1) is 21.3 Å². The highest BCUT2D eigenvalue weighted by Gasteiger charge is 2.40. The predicted molar refractivity (Wildman–Crippen MR) is 138 cm³/mol. The molecule has 1 atom stereocenters. The Labute approximate surface area is 215 Å². The number of nitrogens with zero attached hydrogens (tertiary/aromatic N) is 4. The summed E-state index contributed by atoms with van der Waals surface area (Å²) in [6.07, 6.45) is 1.02. The molecule has 184 valence electrons. The molecule has 0 aliphatic carbocycles. The van der Waals surface area contributed by atoms with Crippen molar-refractivity contribution in [1.29, 1.82) is 0 Å². The molecule has 0 radical (unpaired) electrons. The van der Waals surface area contributed by atoms with Gasteiger partial charge in [0.15, 0.2) is 0 Å². The number of nitrogens with one attached hydrogen (secondary N) is 1. The van der Waals surface area contributed by atoms with E-state index < -0.39 is 22.0 Å². The van der Waals surface area contributed by atoms with E-state index in [1.165, 1.54) is 21.7 Å². The average Bonchev–Trinajstić information content (AvgIpc) is 3.60. The number of fused-ring (bicyclic) bond motifs is 1. The standard InChI is InChI=1S/C22H22ClN5O4S3/c1-3-32-15-7-4-8-16-20(15)25-22(33-16)28-18(12-13(2)26-28)24-21(29)14-6-5-11-27(14)35(30,31)19-10-9-17(23)34-19/h4,7-10,12,14H,3,5-6,11H2,1-2H3,(H,24,29). The largest absolute Gasteiger partial charge is 0.492 e. The van der Waals surface area contributed by atoms with E-state index in [1.807, 2.05) is 32.0 Å². The Morgan fingerprint density at radius 3 is 2.86 bits per heavy atom. The molecule has 1 N–H and O–H groups in total. The Hall–Kier alpha value is -2.51. The van der Waals surface area contributed by atoms with Crippen molar-refractivity contribution in [2.45, 2.75) is 36.9 Å². The van der Waals surface area contributed by atoms with Crippen molar-refractivity contribution in [2.24, 2.45) is 0 Å². The summed E-state index contributed by atoms with van der Waals surface area (Å²) in [5.41, 5.74) is 1.41. The lowest BCUT2D eigenvalue weighted by molar-refractivity contribution is -0.119. The molecule has 35 heavy (non-hydrogen) atoms. The van der Waals surface area contributed by atoms with Gasteiger partial charge in [-0.25, -0.2) is 13.4 Å². The molecule has 1 fully saturated rings. The normalized spacial score (nSPS) is 16.7. The first-order chi connectivity index (χ1) is 16.8. The number of benzene rings is 1. The van der Waals surface area contributed by atoms with Gasteiger partial charge in [0.1, 0.15) is 27.3 Å². The van der Waals surface area contributed by atoms with Gasteiger partial charge in [-0.2, -0.15) is 14.1 Å². The summed E-state index contributed by atoms with van der Waals surface area (Å²) in [4.78, 5) is 18.0. The van der Waals surface area contributed by atoms with Crippen LogP contribution in [0.2, 0.25) is 4.34 Å². The molecule has 1 unspecified atom stereocenters. The number of anilines is 1. The monoisotopic (exact) mass is 551 g/mol. The van der Waals surface area contributed by atoms with Crippen LogP contribution in [0.4, 0.5) is 5.82 Å². The first-order valence-corrected chi connectivity index (χ1v) is 14.4. The number of para-hydroxylation sites is 1. The SMILES string of the molecule is CCOc1cccc2sc(-n3nc(C)cc3NC(=O)C3CCCN3S(=O)(=O)c3ccc(Cl)s3)nc12. The topological polar surface area (TPSA) is 106 Å². The van der Waals surface area contributed by atoms with Gasteiger partial charge < -0.3 is 10.1 Å². The predicted octanol–water partition coefficient (Wildman–Crippen LogP) is 4.70. The van der Waals surface area contributed by atoms with Crippen LogP contribution in [0.1, 0.15) is 25.5 Å². The summed E-state index contributed by atoms with van der Waals surface area (Å²) in [5, 5.41) is 7.97. The Kier molecular flexibility index (Phi) is 6.57. The minimum absolute atomic E-state index is 0.127. The maximum absolute atomic E-state index is 13.3. The van der Waals surface area contributed by atoms with Gasteiger partial charge in [0.2, 0.25) is 11.0 Å². The number of hydrogen-bond donors (Lipinski definition) is 1. The molecular weight excluding hydrogens is 530 g/mol. The van der Waals surface area contributed by atoms with Crippen molar-refractivity contribution in [3.8, 4) is 10.9 Å². The van der Waals surface area contributed by atoms with Crippen molar-refractivity contribution in [3.63, 3.8) is 0 Å². The molecule has 3 aromatic heterocycles. The fraction of sp³-hybridized carbons (Fsp3) is 0.318. The average molecular weight is 552 g/mol. The van der Waals surface area contributed by atoms with Crippen LogP contribution in [0.15, 0.2) is 40.6 Å². The van der Waals surface area contributed by atoms with Gasteiger partial charge in [-0.3, -0.25) is 4.79 Å². The molecule has 4 heterocycles. The molecule has 0 spiro atoms. The van der Waals surface area contributed by atoms with Crippen LogP contribution in [0.3, 0.4) is 0 Å². The van der Waals surface area contributed by atoms with Gasteiger partial charge in [0, 0.05) is 12.6 Å². The van der Waals surface area contributed by atoms with E-state index in [0.717, 1.165) is 21.6 Å². The van der Waals surface area contributed by atoms with Gasteiger partial charge in [0.25, 0.3) is 10.0 Å². The minimum Gasteiger partial charge on any atom is -0.492 e. The lowest BCUT2D eigenvalue weighted by atomic mass is 10.2. The lowest BCUT2D eigenvalue weighted by Gasteiger charge is -2.22. The van der Waals surface area contributed by atoms with Crippen molar-refractivity contribution in [1.82, 2.24) is 19.1 Å². The molecule has 13 heteroatoms. The maximum atomic E-state index is 13.3. The molecule has 1 aliphatic heterocycles. The van der Waals surface area contributed by atoms with Crippen LogP contribution in [0, 0.1) is 6.92 Å². The second-order valence-corrected chi connectivity index (χ2v) is 12.8. The quantitative estimate of drug-likeness (QED) is 0.357. The van der Waals surface area contributed by atoms with Crippen molar-refractivity contribution < 1.29 is 17.9 Å². The molecule has 0 saturated carbocycles. The second-order valence-electron chi connectivity index (χ2n) is 7.94. The first kappa shape index (κ1) is 24.2. The Bertz CT molecular complexity index is 1510. The number of aromatic nitrogens is 3. The van der Waals surface area contributed by atoms with E-state index in [4.69, 9.17) is 21.3 Å². The number of amides is 1. The number of hydrogen-bond acceptors (Lipinski definition) is 8. The summed E-state index contributed by atoms with van der Waals surface area (Å²) >= 11 is 8.35. The molecule has 9 nitrogen and oxygen atoms in total. The smallest absolute Gasteiger partial charge is 0.253 e. The molecule has 1 saturated heterocycles. The molecule has 1 aliphatic rings. The van der Waals surface area contributed by atoms with E-state index in [0.29, 0.717) is 46.2 Å². The van der Waals surface area contributed by atoms with Gasteiger partial charge >= 0.3 is 0 Å². The number of halogens is 1. The second kappa shape index (κ2) is 9.51. The maximum Gasteiger partial charge on any atom is 0.253 e. The minimum atomic E-state index is -3.83. The zero-order valence-corrected chi connectivity index (χ0v) is 22.1. The van der Waals surface area contributed by atoms with E-state index in [9.17, 15) is 13.2 Å². The van der Waals surface area contributed by atoms with E-state index in [-0.39, 0.29) is 10.8 Å². The van der Waals surface area contributed by atoms with E-state index in [1.54, 1.807) is 16.8 Å². The van der Waals surface area contributed by atoms with Crippen molar-refractivity contribution in [2.75, 3.05) is 18.5 Å². The van der Waals surface area contributed by atoms with Crippen LogP contribution < -0.4 is 10.1 Å². The molecule has 1 aromatic carbocycles. The third-order valence-electron chi connectivity index (χ3n) is 5.55. The van der Waals surface area contributed by atoms with Gasteiger partial charge in [-0.15, -0.1) is 11.3 Å². The van der Waals surface area contributed by atoms with Crippen molar-refractivity contribution in [3.05, 3.63) is 46.4 Å². The lowest BCUT2D eigenvalue weighted by Crippen LogP contribution is -2.43. The number of aryl methyl sites for hydroxylation is 1. The molecular formula is C22H22ClN5O4S3. The van der Waals surface area contributed by atoms with Crippen LogP contribution in [0.25, 0.3) is 15.3 Å². The highest BCUT2D eigenvalue weighted by molar-refractivity contribution is 7.91. The fourth-order valence-electron chi connectivity index (χ4n) is 4.06. The zero-order valence-electron chi connectivity index (χ0n) is 18.9. The van der Waals surface area contributed by atoms with Gasteiger partial charge in [-0.05, 0) is 51.0 Å². The number of carbonyl (C=O) groups excluding carboxylic acids is 1. The Morgan fingerprint density at radius 1 is 1.29 bits per heavy atom. The summed E-state index contributed by atoms with van der Waals surface area (Å²) < 4.78 is 36.3. The Balaban J connectivity index is 1.43. The number of thiophene rings is 1. The number of thiazole rings is 1. The van der Waals surface area contributed by atoms with Gasteiger partial charge in [-0.1, -0.05) is 29.0 Å². The first-order valence-electron chi connectivity index (χ1n) is 11.0.